The van der Waals surface area contributed by atoms with Crippen LogP contribution in [0.5, 0.6) is 0 Å². The molecule has 4 nitrogen and oxygen atoms in total. The van der Waals surface area contributed by atoms with Gasteiger partial charge in [0.15, 0.2) is 0 Å². The molecule has 2 aromatic heterocycles. The minimum absolute atomic E-state index is 0.115. The standard InChI is InChI=1S/C17H26N4/c1-6-7-15-18-10-11-21(15)16-9-8-14(13(2)20-16)12-19-17(3,4)5/h8-11,19H,6-7,12H2,1-5H3. The van der Waals surface area contributed by atoms with E-state index in [2.05, 4.69) is 61.6 Å². The Labute approximate surface area is 127 Å². The highest BCUT2D eigenvalue weighted by atomic mass is 15.1. The van der Waals surface area contributed by atoms with Crippen molar-refractivity contribution in [1.82, 2.24) is 19.9 Å². The second-order valence-electron chi connectivity index (χ2n) is 6.48. The first-order valence-electron chi connectivity index (χ1n) is 7.65. The molecule has 2 aromatic rings. The molecule has 0 atom stereocenters. The molecule has 0 fully saturated rings. The van der Waals surface area contributed by atoms with Gasteiger partial charge in [-0.15, -0.1) is 0 Å². The van der Waals surface area contributed by atoms with Gasteiger partial charge in [0.2, 0.25) is 0 Å². The summed E-state index contributed by atoms with van der Waals surface area (Å²) >= 11 is 0. The van der Waals surface area contributed by atoms with E-state index < -0.39 is 0 Å². The van der Waals surface area contributed by atoms with Gasteiger partial charge in [-0.3, -0.25) is 4.57 Å². The Kier molecular flexibility index (Phi) is 4.78. The molecule has 21 heavy (non-hydrogen) atoms. The first-order chi connectivity index (χ1) is 9.90. The molecule has 0 bridgehead atoms. The second kappa shape index (κ2) is 6.39. The van der Waals surface area contributed by atoms with Crippen LogP contribution in [0.2, 0.25) is 0 Å². The summed E-state index contributed by atoms with van der Waals surface area (Å²) in [5.41, 5.74) is 2.43. The molecule has 0 unspecified atom stereocenters. The minimum Gasteiger partial charge on any atom is -0.308 e. The SMILES string of the molecule is CCCc1nccn1-c1ccc(CNC(C)(C)C)c(C)n1. The van der Waals surface area contributed by atoms with Crippen LogP contribution in [-0.4, -0.2) is 20.1 Å². The van der Waals surface area contributed by atoms with Crippen molar-refractivity contribution in [2.75, 3.05) is 0 Å². The van der Waals surface area contributed by atoms with E-state index in [1.54, 1.807) is 0 Å². The molecule has 0 saturated carbocycles. The molecule has 0 aromatic carbocycles. The lowest BCUT2D eigenvalue weighted by molar-refractivity contribution is 0.423. The Morgan fingerprint density at radius 3 is 2.62 bits per heavy atom. The second-order valence-corrected chi connectivity index (χ2v) is 6.48. The summed E-state index contributed by atoms with van der Waals surface area (Å²) in [5.74, 6) is 2.03. The zero-order chi connectivity index (χ0) is 15.5. The highest BCUT2D eigenvalue weighted by Crippen LogP contribution is 2.14. The quantitative estimate of drug-likeness (QED) is 0.916. The Balaban J connectivity index is 2.20. The van der Waals surface area contributed by atoms with Crippen molar-refractivity contribution >= 4 is 0 Å². The fourth-order valence-corrected chi connectivity index (χ4v) is 2.21. The maximum absolute atomic E-state index is 4.74. The van der Waals surface area contributed by atoms with Crippen LogP contribution >= 0.6 is 0 Å². The normalized spacial score (nSPS) is 11.9. The van der Waals surface area contributed by atoms with E-state index >= 15 is 0 Å². The van der Waals surface area contributed by atoms with Crippen molar-refractivity contribution in [2.24, 2.45) is 0 Å². The van der Waals surface area contributed by atoms with Crippen LogP contribution < -0.4 is 5.32 Å². The van der Waals surface area contributed by atoms with Crippen molar-refractivity contribution in [2.45, 2.75) is 59.5 Å². The number of hydrogen-bond acceptors (Lipinski definition) is 3. The highest BCUT2D eigenvalue weighted by molar-refractivity contribution is 5.31. The third-order valence-electron chi connectivity index (χ3n) is 3.43. The van der Waals surface area contributed by atoms with Gasteiger partial charge in [-0.25, -0.2) is 9.97 Å². The zero-order valence-electron chi connectivity index (χ0n) is 13.8. The lowest BCUT2D eigenvalue weighted by atomic mass is 10.1. The monoisotopic (exact) mass is 286 g/mol. The Morgan fingerprint density at radius 1 is 1.24 bits per heavy atom. The van der Waals surface area contributed by atoms with Crippen LogP contribution in [-0.2, 0) is 13.0 Å². The third-order valence-corrected chi connectivity index (χ3v) is 3.43. The summed E-state index contributed by atoms with van der Waals surface area (Å²) in [6.07, 6.45) is 5.89. The van der Waals surface area contributed by atoms with Gasteiger partial charge in [-0.2, -0.15) is 0 Å². The molecule has 0 aliphatic carbocycles. The van der Waals surface area contributed by atoms with E-state index in [4.69, 9.17) is 4.98 Å². The number of aryl methyl sites for hydroxylation is 2. The van der Waals surface area contributed by atoms with E-state index in [0.29, 0.717) is 0 Å². The van der Waals surface area contributed by atoms with Gasteiger partial charge in [-0.05, 0) is 45.7 Å². The van der Waals surface area contributed by atoms with Gasteiger partial charge in [0.1, 0.15) is 11.6 Å². The lowest BCUT2D eigenvalue weighted by Crippen LogP contribution is -2.35. The first-order valence-corrected chi connectivity index (χ1v) is 7.65. The van der Waals surface area contributed by atoms with E-state index in [0.717, 1.165) is 36.7 Å². The number of pyridine rings is 1. The van der Waals surface area contributed by atoms with Crippen LogP contribution in [0.1, 0.15) is 51.2 Å². The minimum atomic E-state index is 0.115. The Hall–Kier alpha value is -1.68. The molecular formula is C17H26N4. The van der Waals surface area contributed by atoms with E-state index in [1.807, 2.05) is 12.4 Å². The molecule has 2 heterocycles. The summed E-state index contributed by atoms with van der Waals surface area (Å²) in [6, 6.07) is 4.24. The average molecular weight is 286 g/mol. The van der Waals surface area contributed by atoms with Gasteiger partial charge < -0.3 is 5.32 Å². The smallest absolute Gasteiger partial charge is 0.138 e. The summed E-state index contributed by atoms with van der Waals surface area (Å²) in [4.78, 5) is 9.16. The predicted molar refractivity (Wildman–Crippen MR) is 86.7 cm³/mol. The van der Waals surface area contributed by atoms with Crippen molar-refractivity contribution < 1.29 is 0 Å². The fraction of sp³-hybridized carbons (Fsp3) is 0.529. The molecule has 0 radical (unpaired) electrons. The number of nitrogens with zero attached hydrogens (tertiary/aromatic N) is 3. The summed E-state index contributed by atoms with van der Waals surface area (Å²) in [7, 11) is 0. The predicted octanol–water partition coefficient (Wildman–Crippen LogP) is 3.42. The Morgan fingerprint density at radius 2 is 2.00 bits per heavy atom. The molecule has 0 aliphatic heterocycles. The molecule has 0 spiro atoms. The van der Waals surface area contributed by atoms with Crippen molar-refractivity contribution in [3.05, 3.63) is 41.6 Å². The van der Waals surface area contributed by atoms with Crippen LogP contribution in [0.3, 0.4) is 0 Å². The first kappa shape index (κ1) is 15.7. The molecule has 0 saturated heterocycles. The molecule has 2 rings (SSSR count). The number of aromatic nitrogens is 3. The van der Waals surface area contributed by atoms with Crippen LogP contribution in [0.4, 0.5) is 0 Å². The largest absolute Gasteiger partial charge is 0.308 e. The van der Waals surface area contributed by atoms with Crippen molar-refractivity contribution in [3.8, 4) is 5.82 Å². The number of imidazole rings is 1. The van der Waals surface area contributed by atoms with Gasteiger partial charge in [0.05, 0.1) is 0 Å². The van der Waals surface area contributed by atoms with E-state index in [1.165, 1.54) is 5.56 Å². The zero-order valence-corrected chi connectivity index (χ0v) is 13.8. The molecule has 0 amide bonds. The van der Waals surface area contributed by atoms with E-state index in [9.17, 15) is 0 Å². The van der Waals surface area contributed by atoms with Crippen LogP contribution in [0.25, 0.3) is 5.82 Å². The van der Waals surface area contributed by atoms with Crippen LogP contribution in [0.15, 0.2) is 24.5 Å². The molecule has 1 N–H and O–H groups in total. The molecule has 0 aliphatic rings. The summed E-state index contributed by atoms with van der Waals surface area (Å²) in [5, 5.41) is 3.51. The van der Waals surface area contributed by atoms with Gasteiger partial charge in [0.25, 0.3) is 0 Å². The molecule has 114 valence electrons. The fourth-order valence-electron chi connectivity index (χ4n) is 2.21. The third kappa shape index (κ3) is 4.14. The van der Waals surface area contributed by atoms with E-state index in [-0.39, 0.29) is 5.54 Å². The number of rotatable bonds is 5. The van der Waals surface area contributed by atoms with Crippen LogP contribution in [0, 0.1) is 6.92 Å². The maximum atomic E-state index is 4.74. The average Bonchev–Trinajstić information content (AvgIpc) is 2.85. The topological polar surface area (TPSA) is 42.7 Å². The summed E-state index contributed by atoms with van der Waals surface area (Å²) in [6.45, 7) is 11.6. The highest BCUT2D eigenvalue weighted by Gasteiger charge is 2.11. The van der Waals surface area contributed by atoms with Gasteiger partial charge in [-0.1, -0.05) is 13.0 Å². The number of nitrogens with one attached hydrogen (secondary N) is 1. The van der Waals surface area contributed by atoms with Gasteiger partial charge in [0, 0.05) is 36.6 Å². The maximum Gasteiger partial charge on any atom is 0.138 e. The molecular weight excluding hydrogens is 260 g/mol. The lowest BCUT2D eigenvalue weighted by Gasteiger charge is -2.21. The summed E-state index contributed by atoms with van der Waals surface area (Å²) < 4.78 is 2.08. The van der Waals surface area contributed by atoms with Crippen molar-refractivity contribution in [3.63, 3.8) is 0 Å². The molecule has 4 heteroatoms. The number of hydrogen-bond donors (Lipinski definition) is 1. The Bertz CT molecular complexity index is 593. The van der Waals surface area contributed by atoms with Gasteiger partial charge >= 0.3 is 0 Å². The van der Waals surface area contributed by atoms with Crippen molar-refractivity contribution in [1.29, 1.82) is 0 Å².